The number of hydrogen-bond donors (Lipinski definition) is 2. The molecular formula is C21H23N5O2S. The van der Waals surface area contributed by atoms with E-state index < -0.39 is 0 Å². The number of rotatable bonds is 6. The molecule has 0 saturated carbocycles. The van der Waals surface area contributed by atoms with Crippen molar-refractivity contribution in [2.45, 2.75) is 26.9 Å². The summed E-state index contributed by atoms with van der Waals surface area (Å²) in [6, 6.07) is 10.2. The van der Waals surface area contributed by atoms with Crippen molar-refractivity contribution in [2.75, 3.05) is 18.9 Å². The average Bonchev–Trinajstić information content (AvgIpc) is 3.35. The van der Waals surface area contributed by atoms with Gasteiger partial charge in [0, 0.05) is 30.3 Å². The number of thiophene rings is 1. The smallest absolute Gasteiger partial charge is 0.219 e. The molecule has 0 radical (unpaired) electrons. The minimum absolute atomic E-state index is 0.0216. The molecule has 29 heavy (non-hydrogen) atoms. The van der Waals surface area contributed by atoms with Crippen molar-refractivity contribution in [3.8, 4) is 10.4 Å². The van der Waals surface area contributed by atoms with E-state index in [1.54, 1.807) is 23.2 Å². The van der Waals surface area contributed by atoms with Crippen LogP contribution in [0.3, 0.4) is 0 Å². The van der Waals surface area contributed by atoms with Gasteiger partial charge in [-0.05, 0) is 36.1 Å². The summed E-state index contributed by atoms with van der Waals surface area (Å²) in [6.45, 7) is 4.73. The van der Waals surface area contributed by atoms with Gasteiger partial charge in [0.15, 0.2) is 5.82 Å². The van der Waals surface area contributed by atoms with Crippen LogP contribution < -0.4 is 5.73 Å². The van der Waals surface area contributed by atoms with Gasteiger partial charge >= 0.3 is 0 Å². The number of imidazole rings is 1. The Kier molecular flexibility index (Phi) is 5.21. The third-order valence-electron chi connectivity index (χ3n) is 5.07. The molecule has 0 saturated heterocycles. The lowest BCUT2D eigenvalue weighted by Crippen LogP contribution is -2.29. The molecular weight excluding hydrogens is 386 g/mol. The highest BCUT2D eigenvalue weighted by atomic mass is 32.1. The number of nitrogens with two attached hydrogens (primary N) is 1. The number of aromatic nitrogens is 3. The van der Waals surface area contributed by atoms with Crippen molar-refractivity contribution in [2.24, 2.45) is 0 Å². The van der Waals surface area contributed by atoms with Crippen LogP contribution in [0.25, 0.3) is 32.4 Å². The molecule has 0 unspecified atom stereocenters. The summed E-state index contributed by atoms with van der Waals surface area (Å²) < 4.78 is 1.95. The van der Waals surface area contributed by atoms with Crippen molar-refractivity contribution < 1.29 is 9.90 Å². The van der Waals surface area contributed by atoms with Gasteiger partial charge in [-0.15, -0.1) is 11.3 Å². The lowest BCUT2D eigenvalue weighted by molar-refractivity contribution is -0.129. The summed E-state index contributed by atoms with van der Waals surface area (Å²) in [5, 5.41) is 12.6. The van der Waals surface area contributed by atoms with Crippen LogP contribution in [0.2, 0.25) is 0 Å². The van der Waals surface area contributed by atoms with E-state index in [9.17, 15) is 9.90 Å². The zero-order chi connectivity index (χ0) is 20.5. The number of hydrogen-bond acceptors (Lipinski definition) is 6. The number of aliphatic hydroxyl groups is 1. The fourth-order valence-corrected chi connectivity index (χ4v) is 4.36. The van der Waals surface area contributed by atoms with Gasteiger partial charge in [-0.3, -0.25) is 4.79 Å². The number of carbonyl (C=O) groups excluding carboxylic acids is 1. The number of nitrogen functional groups attached to an aromatic ring is 1. The first-order valence-electron chi connectivity index (χ1n) is 9.52. The first kappa shape index (κ1) is 19.4. The molecule has 0 fully saturated rings. The first-order valence-corrected chi connectivity index (χ1v) is 10.4. The molecule has 3 aromatic heterocycles. The highest BCUT2D eigenvalue weighted by Crippen LogP contribution is 2.33. The van der Waals surface area contributed by atoms with Crippen LogP contribution >= 0.6 is 11.3 Å². The molecule has 150 valence electrons. The Morgan fingerprint density at radius 2 is 2.14 bits per heavy atom. The van der Waals surface area contributed by atoms with Crippen LogP contribution in [0.5, 0.6) is 0 Å². The Labute approximate surface area is 172 Å². The summed E-state index contributed by atoms with van der Waals surface area (Å²) >= 11 is 1.67. The third kappa shape index (κ3) is 3.45. The van der Waals surface area contributed by atoms with Crippen molar-refractivity contribution in [3.05, 3.63) is 41.5 Å². The Morgan fingerprint density at radius 1 is 1.31 bits per heavy atom. The highest BCUT2D eigenvalue weighted by Gasteiger charge is 2.20. The zero-order valence-corrected chi connectivity index (χ0v) is 17.2. The molecule has 0 aliphatic carbocycles. The Balaban J connectivity index is 1.93. The van der Waals surface area contributed by atoms with Gasteiger partial charge in [0.05, 0.1) is 24.2 Å². The first-order chi connectivity index (χ1) is 14.0. The number of nitrogens with zero attached hydrogens (tertiary/aromatic N) is 4. The van der Waals surface area contributed by atoms with Gasteiger partial charge in [-0.1, -0.05) is 12.1 Å². The van der Waals surface area contributed by atoms with E-state index in [-0.39, 0.29) is 12.5 Å². The normalized spacial score (nSPS) is 11.4. The number of aliphatic hydroxyl groups excluding tert-OH is 1. The Hall–Kier alpha value is -2.97. The number of benzene rings is 1. The lowest BCUT2D eigenvalue weighted by Gasteiger charge is -2.19. The topological polar surface area (TPSA) is 97.3 Å². The second-order valence-corrected chi connectivity index (χ2v) is 7.79. The highest BCUT2D eigenvalue weighted by molar-refractivity contribution is 7.13. The van der Waals surface area contributed by atoms with Crippen LogP contribution in [-0.2, 0) is 17.9 Å². The number of anilines is 1. The maximum Gasteiger partial charge on any atom is 0.219 e. The summed E-state index contributed by atoms with van der Waals surface area (Å²) in [6.07, 6.45) is 0. The van der Waals surface area contributed by atoms with Gasteiger partial charge in [-0.25, -0.2) is 9.97 Å². The fraction of sp³-hybridized carbons (Fsp3) is 0.286. The van der Waals surface area contributed by atoms with E-state index in [2.05, 4.69) is 17.1 Å². The average molecular weight is 410 g/mol. The molecule has 4 aromatic rings. The van der Waals surface area contributed by atoms with Gasteiger partial charge in [0.25, 0.3) is 0 Å². The molecule has 1 amide bonds. The van der Waals surface area contributed by atoms with Crippen LogP contribution in [0, 0.1) is 0 Å². The Morgan fingerprint density at radius 3 is 2.79 bits per heavy atom. The van der Waals surface area contributed by atoms with E-state index in [4.69, 9.17) is 10.7 Å². The minimum Gasteiger partial charge on any atom is -0.395 e. The van der Waals surface area contributed by atoms with Crippen molar-refractivity contribution in [3.63, 3.8) is 0 Å². The Bertz CT molecular complexity index is 1180. The molecule has 7 nitrogen and oxygen atoms in total. The maximum absolute atomic E-state index is 11.9. The summed E-state index contributed by atoms with van der Waals surface area (Å²) in [4.78, 5) is 24.0. The van der Waals surface area contributed by atoms with Gasteiger partial charge in [0.1, 0.15) is 11.3 Å². The van der Waals surface area contributed by atoms with Gasteiger partial charge in [-0.2, -0.15) is 0 Å². The third-order valence-corrected chi connectivity index (χ3v) is 5.99. The molecule has 3 N–H and O–H groups in total. The van der Waals surface area contributed by atoms with Crippen LogP contribution in [0.15, 0.2) is 35.7 Å². The van der Waals surface area contributed by atoms with Crippen LogP contribution in [-0.4, -0.2) is 43.6 Å². The predicted molar refractivity (Wildman–Crippen MR) is 117 cm³/mol. The largest absolute Gasteiger partial charge is 0.395 e. The fourth-order valence-electron chi connectivity index (χ4n) is 3.63. The molecule has 0 spiro atoms. The summed E-state index contributed by atoms with van der Waals surface area (Å²) in [7, 11) is 0. The van der Waals surface area contributed by atoms with Crippen LogP contribution in [0.4, 0.5) is 5.82 Å². The van der Waals surface area contributed by atoms with E-state index >= 15 is 0 Å². The SMILES string of the molecule is CCN(Cc1nc2c(N)nc3cc(-c4cccs4)ccc3c2n1CCO)C(C)=O. The molecule has 3 heterocycles. The summed E-state index contributed by atoms with van der Waals surface area (Å²) in [5.41, 5.74) is 9.58. The van der Waals surface area contributed by atoms with E-state index in [1.165, 1.54) is 0 Å². The van der Waals surface area contributed by atoms with Crippen molar-refractivity contribution in [1.82, 2.24) is 19.4 Å². The minimum atomic E-state index is -0.0400. The van der Waals surface area contributed by atoms with E-state index in [1.807, 2.05) is 35.1 Å². The second kappa shape index (κ2) is 7.81. The summed E-state index contributed by atoms with van der Waals surface area (Å²) in [5.74, 6) is 1.01. The molecule has 1 aromatic carbocycles. The quantitative estimate of drug-likeness (QED) is 0.509. The molecule has 0 bridgehead atoms. The lowest BCUT2D eigenvalue weighted by atomic mass is 10.1. The zero-order valence-electron chi connectivity index (χ0n) is 16.4. The number of amides is 1. The number of fused-ring (bicyclic) bond motifs is 3. The van der Waals surface area contributed by atoms with Crippen molar-refractivity contribution >= 4 is 45.0 Å². The van der Waals surface area contributed by atoms with E-state index in [0.717, 1.165) is 26.9 Å². The van der Waals surface area contributed by atoms with E-state index in [0.29, 0.717) is 36.8 Å². The predicted octanol–water partition coefficient (Wildman–Crippen LogP) is 3.26. The number of carbonyl (C=O) groups is 1. The number of pyridine rings is 1. The van der Waals surface area contributed by atoms with Crippen LogP contribution in [0.1, 0.15) is 19.7 Å². The standard InChI is InChI=1S/C21H23N5O2S/c1-3-25(13(2)28)12-18-24-19-20(26(18)8-9-27)15-7-6-14(17-5-4-10-29-17)11-16(15)23-21(19)22/h4-7,10-11,27H,3,8-9,12H2,1-2H3,(H2,22,23). The maximum atomic E-state index is 11.9. The molecule has 4 rings (SSSR count). The molecule has 8 heteroatoms. The van der Waals surface area contributed by atoms with Gasteiger partial charge < -0.3 is 20.3 Å². The molecule has 0 aliphatic heterocycles. The monoisotopic (exact) mass is 409 g/mol. The van der Waals surface area contributed by atoms with Crippen molar-refractivity contribution in [1.29, 1.82) is 0 Å². The molecule has 0 aliphatic rings. The van der Waals surface area contributed by atoms with Gasteiger partial charge in [0.2, 0.25) is 5.91 Å². The second-order valence-electron chi connectivity index (χ2n) is 6.84. The molecule has 0 atom stereocenters.